The van der Waals surface area contributed by atoms with Gasteiger partial charge in [0.05, 0.1) is 0 Å². The summed E-state index contributed by atoms with van der Waals surface area (Å²) in [6.07, 6.45) is -4.53. The number of rotatable bonds is 3. The maximum Gasteiger partial charge on any atom is 1.00 e. The third-order valence-electron chi connectivity index (χ3n) is 0.805. The Labute approximate surface area is 133 Å². The molecular weight excluding hydrogens is 263 g/mol. The summed E-state index contributed by atoms with van der Waals surface area (Å²) in [5.41, 5.74) is 0. The van der Waals surface area contributed by atoms with Gasteiger partial charge >= 0.3 is 63.3 Å². The van der Waals surface area contributed by atoms with Crippen molar-refractivity contribution in [2.75, 3.05) is 0 Å². The average molecular weight is 280 g/mol. The van der Waals surface area contributed by atoms with Crippen molar-refractivity contribution >= 4 is 11.9 Å². The normalized spacial score (nSPS) is 9.88. The van der Waals surface area contributed by atoms with E-state index >= 15 is 0 Å². The SMILES string of the molecule is O.O.O.O.O.O=C(O)C(O)C(O)C(=O)O.[H-].[K+]. The van der Waals surface area contributed by atoms with E-state index in [0.717, 1.165) is 0 Å². The number of aliphatic hydroxyl groups excluding tert-OH is 2. The average Bonchev–Trinajstić information content (AvgIpc) is 1.84. The third kappa shape index (κ3) is 16.7. The van der Waals surface area contributed by atoms with Crippen LogP contribution in [0, 0.1) is 0 Å². The van der Waals surface area contributed by atoms with E-state index in [-0.39, 0.29) is 80.2 Å². The number of carboxylic acids is 2. The molecule has 2 atom stereocenters. The van der Waals surface area contributed by atoms with Gasteiger partial charge in [-0.2, -0.15) is 0 Å². The van der Waals surface area contributed by atoms with Crippen LogP contribution in [0.5, 0.6) is 0 Å². The van der Waals surface area contributed by atoms with E-state index in [2.05, 4.69) is 0 Å². The maximum atomic E-state index is 9.77. The van der Waals surface area contributed by atoms with Gasteiger partial charge in [-0.25, -0.2) is 9.59 Å². The summed E-state index contributed by atoms with van der Waals surface area (Å²) in [6.45, 7) is 0. The minimum atomic E-state index is -2.27. The van der Waals surface area contributed by atoms with Crippen LogP contribution in [-0.4, -0.2) is 72.0 Å². The van der Waals surface area contributed by atoms with Crippen molar-refractivity contribution in [1.82, 2.24) is 0 Å². The molecule has 2 unspecified atom stereocenters. The molecule has 0 saturated carbocycles. The van der Waals surface area contributed by atoms with Gasteiger partial charge in [0.2, 0.25) is 0 Å². The molecule has 0 aliphatic heterocycles. The van der Waals surface area contributed by atoms with Crippen LogP contribution in [0.3, 0.4) is 0 Å². The Morgan fingerprint density at radius 2 is 0.875 bits per heavy atom. The van der Waals surface area contributed by atoms with E-state index in [4.69, 9.17) is 20.4 Å². The van der Waals surface area contributed by atoms with Gasteiger partial charge < -0.3 is 49.2 Å². The molecule has 11 nitrogen and oxygen atoms in total. The number of hydrogen-bond acceptors (Lipinski definition) is 4. The summed E-state index contributed by atoms with van der Waals surface area (Å²) in [5.74, 6) is -3.54. The summed E-state index contributed by atoms with van der Waals surface area (Å²) < 4.78 is 0. The van der Waals surface area contributed by atoms with Crippen molar-refractivity contribution in [3.05, 3.63) is 0 Å². The molecule has 0 heterocycles. The number of carbonyl (C=O) groups is 2. The first-order chi connectivity index (χ1) is 4.46. The first kappa shape index (κ1) is 44.1. The molecule has 16 heavy (non-hydrogen) atoms. The minimum Gasteiger partial charge on any atom is -1.00 e. The van der Waals surface area contributed by atoms with Crippen molar-refractivity contribution in [2.24, 2.45) is 0 Å². The number of aliphatic hydroxyl groups is 2. The monoisotopic (exact) mass is 280 g/mol. The summed E-state index contributed by atoms with van der Waals surface area (Å²) in [6, 6.07) is 0. The van der Waals surface area contributed by atoms with Gasteiger partial charge in [-0.1, -0.05) is 0 Å². The fraction of sp³-hybridized carbons (Fsp3) is 0.500. The predicted octanol–water partition coefficient (Wildman–Crippen LogP) is -9.13. The second-order valence-corrected chi connectivity index (χ2v) is 1.57. The summed E-state index contributed by atoms with van der Waals surface area (Å²) in [4.78, 5) is 19.5. The zero-order valence-electron chi connectivity index (χ0n) is 9.26. The van der Waals surface area contributed by atoms with Crippen molar-refractivity contribution in [1.29, 1.82) is 0 Å². The molecule has 14 N–H and O–H groups in total. The summed E-state index contributed by atoms with van der Waals surface area (Å²) in [7, 11) is 0. The summed E-state index contributed by atoms with van der Waals surface area (Å²) >= 11 is 0. The molecule has 0 aromatic carbocycles. The fourth-order valence-electron chi connectivity index (χ4n) is 0.270. The molecule has 0 aliphatic carbocycles. The van der Waals surface area contributed by atoms with Gasteiger partial charge in [-0.15, -0.1) is 0 Å². The largest absolute Gasteiger partial charge is 1.00 e. The Hall–Kier alpha value is 0.296. The van der Waals surface area contributed by atoms with E-state index in [1.54, 1.807) is 0 Å². The van der Waals surface area contributed by atoms with Crippen LogP contribution >= 0.6 is 0 Å². The predicted molar refractivity (Wildman–Crippen MR) is 46.5 cm³/mol. The zero-order valence-corrected chi connectivity index (χ0v) is 11.4. The topological polar surface area (TPSA) is 273 Å². The molecule has 0 bridgehead atoms. The summed E-state index contributed by atoms with van der Waals surface area (Å²) in [5, 5.41) is 32.5. The van der Waals surface area contributed by atoms with Crippen LogP contribution in [0.15, 0.2) is 0 Å². The van der Waals surface area contributed by atoms with E-state index in [9.17, 15) is 9.59 Å². The molecule has 12 heteroatoms. The van der Waals surface area contributed by atoms with Crippen molar-refractivity contribution in [2.45, 2.75) is 12.2 Å². The Balaban J connectivity index is -0.0000000193. The van der Waals surface area contributed by atoms with E-state index in [1.165, 1.54) is 0 Å². The van der Waals surface area contributed by atoms with Crippen LogP contribution in [-0.2, 0) is 9.59 Å². The van der Waals surface area contributed by atoms with Gasteiger partial charge in [0.25, 0.3) is 0 Å². The molecular formula is C4H17KO11. The third-order valence-corrected chi connectivity index (χ3v) is 0.805. The number of carboxylic acid groups (broad SMARTS) is 2. The van der Waals surface area contributed by atoms with Crippen LogP contribution < -0.4 is 51.4 Å². The quantitative estimate of drug-likeness (QED) is 0.363. The van der Waals surface area contributed by atoms with Crippen molar-refractivity contribution < 1.29 is 110 Å². The Morgan fingerprint density at radius 3 is 0.938 bits per heavy atom. The molecule has 0 amide bonds. The first-order valence-electron chi connectivity index (χ1n) is 2.28. The van der Waals surface area contributed by atoms with Crippen molar-refractivity contribution in [3.63, 3.8) is 0 Å². The van der Waals surface area contributed by atoms with Gasteiger partial charge in [0, 0.05) is 0 Å². The van der Waals surface area contributed by atoms with E-state index in [0.29, 0.717) is 0 Å². The standard InChI is InChI=1S/C4H6O6.K.5H2O.H/c5-1(3(7)8)2(6)4(9)10;;;;;;;/h1-2,5-6H,(H,7,8)(H,9,10);;5*1H2;/q;+1;;;;;;-1. The van der Waals surface area contributed by atoms with Gasteiger partial charge in [-0.3, -0.25) is 0 Å². The molecule has 0 radical (unpaired) electrons. The molecule has 0 spiro atoms. The minimum absolute atomic E-state index is 0. The molecule has 0 fully saturated rings. The van der Waals surface area contributed by atoms with E-state index < -0.39 is 24.1 Å². The molecule has 0 aromatic rings. The smallest absolute Gasteiger partial charge is 1.00 e. The molecule has 100 valence electrons. The zero-order chi connectivity index (χ0) is 8.31. The molecule has 0 rings (SSSR count). The second-order valence-electron chi connectivity index (χ2n) is 1.57. The number of aliphatic carboxylic acids is 2. The second kappa shape index (κ2) is 20.7. The maximum absolute atomic E-state index is 9.77. The Kier molecular flexibility index (Phi) is 57.0. The first-order valence-corrected chi connectivity index (χ1v) is 2.28. The van der Waals surface area contributed by atoms with E-state index in [1.807, 2.05) is 0 Å². The van der Waals surface area contributed by atoms with Crippen molar-refractivity contribution in [3.8, 4) is 0 Å². The van der Waals surface area contributed by atoms with Crippen LogP contribution in [0.25, 0.3) is 0 Å². The molecule has 0 saturated heterocycles. The van der Waals surface area contributed by atoms with Crippen LogP contribution in [0.2, 0.25) is 0 Å². The fourth-order valence-corrected chi connectivity index (χ4v) is 0.270. The molecule has 0 aromatic heterocycles. The Bertz CT molecular complexity index is 148. The van der Waals surface area contributed by atoms with Gasteiger partial charge in [0.1, 0.15) is 0 Å². The van der Waals surface area contributed by atoms with Gasteiger partial charge in [-0.05, 0) is 0 Å². The van der Waals surface area contributed by atoms with Crippen LogP contribution in [0.1, 0.15) is 1.43 Å². The Morgan fingerprint density at radius 1 is 0.750 bits per heavy atom. The van der Waals surface area contributed by atoms with Crippen LogP contribution in [0.4, 0.5) is 0 Å². The van der Waals surface area contributed by atoms with Gasteiger partial charge in [0.15, 0.2) is 12.2 Å². The number of hydrogen-bond donors (Lipinski definition) is 4. The molecule has 0 aliphatic rings.